The number of H-pyrrole nitrogens is 1. The van der Waals surface area contributed by atoms with Gasteiger partial charge in [-0.2, -0.15) is 5.10 Å². The minimum absolute atomic E-state index is 0.259. The van der Waals surface area contributed by atoms with Gasteiger partial charge in [0, 0.05) is 17.5 Å². The molecule has 0 amide bonds. The van der Waals surface area contributed by atoms with Gasteiger partial charge in [0.05, 0.1) is 31.4 Å². The highest BCUT2D eigenvalue weighted by Crippen LogP contribution is 2.41. The van der Waals surface area contributed by atoms with Crippen LogP contribution < -0.4 is 4.74 Å². The summed E-state index contributed by atoms with van der Waals surface area (Å²) >= 11 is 0. The summed E-state index contributed by atoms with van der Waals surface area (Å²) in [6.45, 7) is 2.31. The van der Waals surface area contributed by atoms with Gasteiger partial charge in [-0.25, -0.2) is 8.78 Å². The fourth-order valence-corrected chi connectivity index (χ4v) is 3.99. The molecular weight excluding hydrogens is 336 g/mol. The highest BCUT2D eigenvalue weighted by atomic mass is 19.3. The van der Waals surface area contributed by atoms with Crippen molar-refractivity contribution in [2.75, 3.05) is 20.2 Å². The highest BCUT2D eigenvalue weighted by molar-refractivity contribution is 5.83. The van der Waals surface area contributed by atoms with Gasteiger partial charge < -0.3 is 4.74 Å². The number of ether oxygens (including phenoxy) is 1. The number of methoxy groups -OCH3 is 1. The lowest BCUT2D eigenvalue weighted by Gasteiger charge is -2.38. The number of aromatic amines is 1. The normalized spacial score (nSPS) is 17.7. The van der Waals surface area contributed by atoms with Crippen molar-refractivity contribution in [2.45, 2.75) is 25.8 Å². The third-order valence-corrected chi connectivity index (χ3v) is 5.14. The lowest BCUT2D eigenvalue weighted by molar-refractivity contribution is 0.0699. The van der Waals surface area contributed by atoms with Crippen LogP contribution in [0.25, 0.3) is 10.9 Å². The van der Waals surface area contributed by atoms with E-state index in [4.69, 9.17) is 4.74 Å². The minimum atomic E-state index is -2.38. The number of aromatic nitrogens is 2. The molecule has 4 rings (SSSR count). The molecule has 1 atom stereocenters. The molecule has 136 valence electrons. The Bertz CT molecular complexity index is 938. The fraction of sp³-hybridized carbons (Fsp3) is 0.350. The van der Waals surface area contributed by atoms with Crippen LogP contribution in [0.3, 0.4) is 0 Å². The Morgan fingerprint density at radius 3 is 2.85 bits per heavy atom. The maximum Gasteiger partial charge on any atom is 0.251 e. The molecule has 0 saturated carbocycles. The van der Waals surface area contributed by atoms with Gasteiger partial charge in [-0.05, 0) is 42.2 Å². The van der Waals surface area contributed by atoms with E-state index in [2.05, 4.69) is 10.2 Å². The average Bonchev–Trinajstić information content (AvgIpc) is 3.10. The number of alkyl halides is 2. The fourth-order valence-electron chi connectivity index (χ4n) is 3.99. The molecule has 26 heavy (non-hydrogen) atoms. The van der Waals surface area contributed by atoms with Crippen LogP contribution in [0.2, 0.25) is 0 Å². The third kappa shape index (κ3) is 2.84. The monoisotopic (exact) mass is 357 g/mol. The summed E-state index contributed by atoms with van der Waals surface area (Å²) in [6.07, 6.45) is 0.164. The molecular formula is C20H21F2N3O. The Kier molecular flexibility index (Phi) is 4.36. The van der Waals surface area contributed by atoms with Crippen molar-refractivity contribution in [3.05, 3.63) is 58.8 Å². The Morgan fingerprint density at radius 1 is 1.27 bits per heavy atom. The van der Waals surface area contributed by atoms with E-state index < -0.39 is 6.43 Å². The first-order valence-electron chi connectivity index (χ1n) is 8.70. The third-order valence-electron chi connectivity index (χ3n) is 5.14. The van der Waals surface area contributed by atoms with E-state index in [9.17, 15) is 8.78 Å². The first-order valence-corrected chi connectivity index (χ1v) is 8.70. The molecule has 0 fully saturated rings. The maximum atomic E-state index is 13.2. The van der Waals surface area contributed by atoms with Crippen LogP contribution in [-0.4, -0.2) is 41.7 Å². The number of nitrogens with one attached hydrogen (secondary N) is 1. The molecule has 1 aromatic heterocycles. The van der Waals surface area contributed by atoms with Gasteiger partial charge in [0.2, 0.25) is 0 Å². The lowest BCUT2D eigenvalue weighted by Crippen LogP contribution is -2.39. The van der Waals surface area contributed by atoms with Gasteiger partial charge in [0.25, 0.3) is 6.43 Å². The molecule has 1 aliphatic heterocycles. The van der Waals surface area contributed by atoms with Gasteiger partial charge in [0.1, 0.15) is 5.75 Å². The summed E-state index contributed by atoms with van der Waals surface area (Å²) in [4.78, 5) is 1.85. The molecule has 2 heterocycles. The van der Waals surface area contributed by atoms with E-state index in [0.717, 1.165) is 39.8 Å². The summed E-state index contributed by atoms with van der Waals surface area (Å²) in [5.74, 6) is 0.731. The van der Waals surface area contributed by atoms with Crippen LogP contribution in [0.15, 0.2) is 36.5 Å². The standard InChI is InChI=1S/C20H21F2N3O/c1-12-3-4-15(18(9-12)26-2)20-14-5-6-17-16(10-23-24-17)13(14)7-8-25(20)11-19(21)22/h3-6,9-10,19-20H,7-8,11H2,1-2H3,(H,23,24). The molecule has 0 aliphatic carbocycles. The molecule has 0 bridgehead atoms. The Balaban J connectivity index is 1.90. The van der Waals surface area contributed by atoms with Gasteiger partial charge >= 0.3 is 0 Å². The molecule has 1 unspecified atom stereocenters. The zero-order valence-corrected chi connectivity index (χ0v) is 14.8. The molecule has 0 saturated heterocycles. The van der Waals surface area contributed by atoms with Crippen molar-refractivity contribution in [1.29, 1.82) is 0 Å². The molecule has 1 aliphatic rings. The highest BCUT2D eigenvalue weighted by Gasteiger charge is 2.33. The molecule has 4 nitrogen and oxygen atoms in total. The molecule has 1 N–H and O–H groups in total. The van der Waals surface area contributed by atoms with E-state index in [1.807, 2.05) is 48.4 Å². The van der Waals surface area contributed by atoms with Crippen LogP contribution in [0, 0.1) is 6.92 Å². The first-order chi connectivity index (χ1) is 12.6. The molecule has 0 radical (unpaired) electrons. The number of hydrogen-bond donors (Lipinski definition) is 1. The van der Waals surface area contributed by atoms with Crippen LogP contribution in [0.5, 0.6) is 5.75 Å². The van der Waals surface area contributed by atoms with Gasteiger partial charge in [-0.3, -0.25) is 10.00 Å². The number of nitrogens with zero attached hydrogens (tertiary/aromatic N) is 2. The molecule has 0 spiro atoms. The van der Waals surface area contributed by atoms with Crippen molar-refractivity contribution >= 4 is 10.9 Å². The summed E-state index contributed by atoms with van der Waals surface area (Å²) in [5.41, 5.74) is 5.19. The predicted molar refractivity (Wildman–Crippen MR) is 96.9 cm³/mol. The van der Waals surface area contributed by atoms with Crippen molar-refractivity contribution < 1.29 is 13.5 Å². The number of rotatable bonds is 4. The Labute approximate surface area is 150 Å². The van der Waals surface area contributed by atoms with Crippen LogP contribution in [-0.2, 0) is 6.42 Å². The second-order valence-electron chi connectivity index (χ2n) is 6.75. The second kappa shape index (κ2) is 6.68. The van der Waals surface area contributed by atoms with Crippen molar-refractivity contribution in [1.82, 2.24) is 15.1 Å². The number of halogens is 2. The SMILES string of the molecule is COc1cc(C)ccc1C1c2ccc3[nH]ncc3c2CCN1CC(F)F. The summed E-state index contributed by atoms with van der Waals surface area (Å²) in [5, 5.41) is 8.19. The second-order valence-corrected chi connectivity index (χ2v) is 6.75. The van der Waals surface area contributed by atoms with E-state index in [1.165, 1.54) is 5.56 Å². The molecule has 2 aromatic carbocycles. The van der Waals surface area contributed by atoms with Crippen LogP contribution in [0.4, 0.5) is 8.78 Å². The Morgan fingerprint density at radius 2 is 2.08 bits per heavy atom. The predicted octanol–water partition coefficient (Wildman–Crippen LogP) is 4.09. The van der Waals surface area contributed by atoms with Crippen LogP contribution in [0.1, 0.15) is 28.3 Å². The van der Waals surface area contributed by atoms with Crippen LogP contribution >= 0.6 is 0 Å². The first kappa shape index (κ1) is 17.0. The number of hydrogen-bond acceptors (Lipinski definition) is 3. The molecule has 6 heteroatoms. The zero-order valence-electron chi connectivity index (χ0n) is 14.8. The van der Waals surface area contributed by atoms with Crippen molar-refractivity contribution in [2.24, 2.45) is 0 Å². The van der Waals surface area contributed by atoms with E-state index in [0.29, 0.717) is 6.54 Å². The summed E-state index contributed by atoms with van der Waals surface area (Å²) in [6, 6.07) is 9.69. The zero-order chi connectivity index (χ0) is 18.3. The summed E-state index contributed by atoms with van der Waals surface area (Å²) in [7, 11) is 1.62. The Hall–Kier alpha value is -2.47. The summed E-state index contributed by atoms with van der Waals surface area (Å²) < 4.78 is 32.1. The van der Waals surface area contributed by atoms with E-state index in [1.54, 1.807) is 7.11 Å². The topological polar surface area (TPSA) is 41.1 Å². The number of fused-ring (bicyclic) bond motifs is 3. The van der Waals surface area contributed by atoms with E-state index >= 15 is 0 Å². The van der Waals surface area contributed by atoms with Gasteiger partial charge in [0.15, 0.2) is 0 Å². The van der Waals surface area contributed by atoms with Crippen molar-refractivity contribution in [3.63, 3.8) is 0 Å². The minimum Gasteiger partial charge on any atom is -0.496 e. The maximum absolute atomic E-state index is 13.2. The lowest BCUT2D eigenvalue weighted by atomic mass is 9.86. The average molecular weight is 357 g/mol. The van der Waals surface area contributed by atoms with E-state index in [-0.39, 0.29) is 12.6 Å². The smallest absolute Gasteiger partial charge is 0.251 e. The number of benzene rings is 2. The van der Waals surface area contributed by atoms with Gasteiger partial charge in [-0.15, -0.1) is 0 Å². The quantitative estimate of drug-likeness (QED) is 0.765. The van der Waals surface area contributed by atoms with Crippen molar-refractivity contribution in [3.8, 4) is 5.75 Å². The molecule has 3 aromatic rings. The van der Waals surface area contributed by atoms with Gasteiger partial charge in [-0.1, -0.05) is 18.2 Å². The number of aryl methyl sites for hydroxylation is 1. The largest absolute Gasteiger partial charge is 0.496 e.